The van der Waals surface area contributed by atoms with Gasteiger partial charge < -0.3 is 10.6 Å². The maximum absolute atomic E-state index is 12.4. The van der Waals surface area contributed by atoms with Gasteiger partial charge in [-0.2, -0.15) is 0 Å². The van der Waals surface area contributed by atoms with Crippen LogP contribution in [0.2, 0.25) is 0 Å². The lowest BCUT2D eigenvalue weighted by atomic mass is 10.1. The Hall–Kier alpha value is -2.69. The summed E-state index contributed by atoms with van der Waals surface area (Å²) in [5.74, 6) is 0.373. The molecule has 0 unspecified atom stereocenters. The number of carbonyl (C=O) groups is 2. The van der Waals surface area contributed by atoms with E-state index in [1.807, 2.05) is 56.4 Å². The molecule has 1 aliphatic carbocycles. The number of anilines is 1. The van der Waals surface area contributed by atoms with E-state index in [-0.39, 0.29) is 29.7 Å². The minimum Gasteiger partial charge on any atom is -0.350 e. The molecule has 0 bridgehead atoms. The molecule has 5 heteroatoms. The van der Waals surface area contributed by atoms with Crippen LogP contribution in [0.25, 0.3) is 0 Å². The lowest BCUT2D eigenvalue weighted by Gasteiger charge is -2.14. The van der Waals surface area contributed by atoms with Crippen molar-refractivity contribution in [3.63, 3.8) is 0 Å². The second-order valence-corrected chi connectivity index (χ2v) is 6.49. The SMILES string of the molecule is CCC(=O)N[C@@H](C)c1ccc(NC(=O)[C@H]2C[C@@H]2c2cccnc2)cc1. The van der Waals surface area contributed by atoms with E-state index in [1.54, 1.807) is 6.20 Å². The maximum atomic E-state index is 12.4. The lowest BCUT2D eigenvalue weighted by Crippen LogP contribution is -2.25. The molecule has 1 aromatic heterocycles. The van der Waals surface area contributed by atoms with Crippen molar-refractivity contribution in [2.24, 2.45) is 5.92 Å². The Morgan fingerprint density at radius 1 is 1.24 bits per heavy atom. The van der Waals surface area contributed by atoms with Crippen molar-refractivity contribution in [3.05, 3.63) is 59.9 Å². The molecule has 3 atom stereocenters. The van der Waals surface area contributed by atoms with Crippen LogP contribution >= 0.6 is 0 Å². The summed E-state index contributed by atoms with van der Waals surface area (Å²) < 4.78 is 0. The standard InChI is InChI=1S/C20H23N3O2/c1-3-19(24)22-13(2)14-6-8-16(9-7-14)23-20(25)18-11-17(18)15-5-4-10-21-12-15/h4-10,12-13,17-18H,3,11H2,1-2H3,(H,22,24)(H,23,25)/t13-,17+,18-/m0/s1. The summed E-state index contributed by atoms with van der Waals surface area (Å²) >= 11 is 0. The number of hydrogen-bond acceptors (Lipinski definition) is 3. The summed E-state index contributed by atoms with van der Waals surface area (Å²) in [6, 6.07) is 11.5. The van der Waals surface area contributed by atoms with Crippen molar-refractivity contribution in [2.75, 3.05) is 5.32 Å². The van der Waals surface area contributed by atoms with Crippen LogP contribution in [-0.2, 0) is 9.59 Å². The molecule has 1 fully saturated rings. The number of benzene rings is 1. The van der Waals surface area contributed by atoms with Crippen LogP contribution in [0.5, 0.6) is 0 Å². The predicted octanol–water partition coefficient (Wildman–Crippen LogP) is 3.41. The fourth-order valence-corrected chi connectivity index (χ4v) is 2.97. The van der Waals surface area contributed by atoms with Gasteiger partial charge in [0.1, 0.15) is 0 Å². The number of amides is 2. The quantitative estimate of drug-likeness (QED) is 0.848. The van der Waals surface area contributed by atoms with Crippen LogP contribution in [0.3, 0.4) is 0 Å². The summed E-state index contributed by atoms with van der Waals surface area (Å²) in [5, 5.41) is 5.90. The largest absolute Gasteiger partial charge is 0.350 e. The van der Waals surface area contributed by atoms with Gasteiger partial charge >= 0.3 is 0 Å². The van der Waals surface area contributed by atoms with E-state index < -0.39 is 0 Å². The zero-order valence-electron chi connectivity index (χ0n) is 14.5. The van der Waals surface area contributed by atoms with Crippen molar-refractivity contribution in [3.8, 4) is 0 Å². The van der Waals surface area contributed by atoms with Gasteiger partial charge in [-0.1, -0.05) is 25.1 Å². The number of rotatable bonds is 6. The molecule has 130 valence electrons. The molecule has 3 rings (SSSR count). The third-order valence-corrected chi connectivity index (χ3v) is 4.62. The summed E-state index contributed by atoms with van der Waals surface area (Å²) in [6.45, 7) is 3.78. The molecule has 1 saturated carbocycles. The number of hydrogen-bond donors (Lipinski definition) is 2. The predicted molar refractivity (Wildman–Crippen MR) is 97.0 cm³/mol. The fourth-order valence-electron chi connectivity index (χ4n) is 2.97. The van der Waals surface area contributed by atoms with Crippen LogP contribution in [0.15, 0.2) is 48.8 Å². The lowest BCUT2D eigenvalue weighted by molar-refractivity contribution is -0.121. The number of pyridine rings is 1. The molecule has 2 amide bonds. The van der Waals surface area contributed by atoms with E-state index in [1.165, 1.54) is 0 Å². The molecule has 1 heterocycles. The van der Waals surface area contributed by atoms with E-state index in [9.17, 15) is 9.59 Å². The molecular formula is C20H23N3O2. The minimum absolute atomic E-state index is 0.0200. The van der Waals surface area contributed by atoms with E-state index >= 15 is 0 Å². The average Bonchev–Trinajstić information content (AvgIpc) is 3.44. The van der Waals surface area contributed by atoms with E-state index in [0.29, 0.717) is 6.42 Å². The van der Waals surface area contributed by atoms with Gasteiger partial charge in [-0.05, 0) is 48.6 Å². The number of aromatic nitrogens is 1. The van der Waals surface area contributed by atoms with Gasteiger partial charge in [-0.15, -0.1) is 0 Å². The molecule has 1 aromatic carbocycles. The first kappa shape index (κ1) is 17.1. The van der Waals surface area contributed by atoms with Gasteiger partial charge in [0.15, 0.2) is 0 Å². The molecule has 0 spiro atoms. The van der Waals surface area contributed by atoms with Crippen molar-refractivity contribution < 1.29 is 9.59 Å². The van der Waals surface area contributed by atoms with Crippen LogP contribution < -0.4 is 10.6 Å². The van der Waals surface area contributed by atoms with Crippen molar-refractivity contribution in [1.82, 2.24) is 10.3 Å². The number of nitrogens with one attached hydrogen (secondary N) is 2. The molecule has 2 aromatic rings. The van der Waals surface area contributed by atoms with Crippen LogP contribution in [0.1, 0.15) is 49.8 Å². The Morgan fingerprint density at radius 2 is 2.00 bits per heavy atom. The smallest absolute Gasteiger partial charge is 0.228 e. The Morgan fingerprint density at radius 3 is 2.64 bits per heavy atom. The van der Waals surface area contributed by atoms with Gasteiger partial charge in [0.2, 0.25) is 11.8 Å². The fraction of sp³-hybridized carbons (Fsp3) is 0.350. The highest BCUT2D eigenvalue weighted by atomic mass is 16.2. The van der Waals surface area contributed by atoms with Crippen molar-refractivity contribution >= 4 is 17.5 Å². The Labute approximate surface area is 147 Å². The van der Waals surface area contributed by atoms with Crippen LogP contribution in [-0.4, -0.2) is 16.8 Å². The highest BCUT2D eigenvalue weighted by Crippen LogP contribution is 2.47. The molecule has 0 radical (unpaired) electrons. The topological polar surface area (TPSA) is 71.1 Å². The summed E-state index contributed by atoms with van der Waals surface area (Å²) in [5.41, 5.74) is 2.91. The molecule has 0 saturated heterocycles. The Kier molecular flexibility index (Phi) is 5.12. The average molecular weight is 337 g/mol. The molecule has 5 nitrogen and oxygen atoms in total. The highest BCUT2D eigenvalue weighted by Gasteiger charge is 2.44. The van der Waals surface area contributed by atoms with Gasteiger partial charge in [0.05, 0.1) is 6.04 Å². The first-order valence-electron chi connectivity index (χ1n) is 8.68. The number of nitrogens with zero attached hydrogens (tertiary/aromatic N) is 1. The molecular weight excluding hydrogens is 314 g/mol. The third kappa shape index (κ3) is 4.24. The summed E-state index contributed by atoms with van der Waals surface area (Å²) in [4.78, 5) is 28.0. The van der Waals surface area contributed by atoms with Crippen molar-refractivity contribution in [2.45, 2.75) is 38.6 Å². The second-order valence-electron chi connectivity index (χ2n) is 6.49. The zero-order chi connectivity index (χ0) is 17.8. The third-order valence-electron chi connectivity index (χ3n) is 4.62. The molecule has 0 aliphatic heterocycles. The normalized spacial score (nSPS) is 19.8. The minimum atomic E-state index is -0.0457. The zero-order valence-corrected chi connectivity index (χ0v) is 14.5. The molecule has 2 N–H and O–H groups in total. The first-order chi connectivity index (χ1) is 12.1. The first-order valence-corrected chi connectivity index (χ1v) is 8.68. The van der Waals surface area contributed by atoms with Crippen molar-refractivity contribution in [1.29, 1.82) is 0 Å². The monoisotopic (exact) mass is 337 g/mol. The van der Waals surface area contributed by atoms with Crippen LogP contribution in [0.4, 0.5) is 5.69 Å². The van der Waals surface area contributed by atoms with Gasteiger partial charge in [0, 0.05) is 30.4 Å². The molecule has 25 heavy (non-hydrogen) atoms. The van der Waals surface area contributed by atoms with E-state index in [4.69, 9.17) is 0 Å². The van der Waals surface area contributed by atoms with E-state index in [0.717, 1.165) is 23.2 Å². The van der Waals surface area contributed by atoms with Gasteiger partial charge in [-0.25, -0.2) is 0 Å². The van der Waals surface area contributed by atoms with Crippen LogP contribution in [0, 0.1) is 5.92 Å². The Balaban J connectivity index is 1.55. The molecule has 1 aliphatic rings. The van der Waals surface area contributed by atoms with Gasteiger partial charge in [0.25, 0.3) is 0 Å². The number of carbonyl (C=O) groups excluding carboxylic acids is 2. The maximum Gasteiger partial charge on any atom is 0.228 e. The second kappa shape index (κ2) is 7.47. The van der Waals surface area contributed by atoms with Gasteiger partial charge in [-0.3, -0.25) is 14.6 Å². The summed E-state index contributed by atoms with van der Waals surface area (Å²) in [7, 11) is 0. The van der Waals surface area contributed by atoms with E-state index in [2.05, 4.69) is 15.6 Å². The highest BCUT2D eigenvalue weighted by molar-refractivity contribution is 5.95. The Bertz CT molecular complexity index is 743. The summed E-state index contributed by atoms with van der Waals surface area (Å²) in [6.07, 6.45) is 4.92.